The predicted molar refractivity (Wildman–Crippen MR) is 53.7 cm³/mol. The minimum absolute atomic E-state index is 0.793. The fourth-order valence-electron chi connectivity index (χ4n) is 1.85. The summed E-state index contributed by atoms with van der Waals surface area (Å²) in [6.07, 6.45) is 6.01. The molecule has 0 fully saturated rings. The first kappa shape index (κ1) is 10.3. The van der Waals surface area contributed by atoms with Crippen LogP contribution in [0.3, 0.4) is 0 Å². The van der Waals surface area contributed by atoms with Crippen molar-refractivity contribution >= 4 is 10.2 Å². The van der Waals surface area contributed by atoms with Crippen LogP contribution in [0, 0.1) is 5.92 Å². The monoisotopic (exact) mass is 224 g/mol. The second-order valence-electron chi connectivity index (χ2n) is 3.38. The Hall–Kier alpha value is 0.203. The zero-order valence-corrected chi connectivity index (χ0v) is 11.2. The molecule has 0 aromatic rings. The van der Waals surface area contributed by atoms with E-state index in [4.69, 9.17) is 0 Å². The predicted octanol–water partition coefficient (Wildman–Crippen LogP) is 1.88. The van der Waals surface area contributed by atoms with Crippen molar-refractivity contribution in [1.29, 1.82) is 0 Å². The van der Waals surface area contributed by atoms with Gasteiger partial charge < -0.3 is 0 Å². The van der Waals surface area contributed by atoms with Crippen molar-refractivity contribution in [3.8, 4) is 0 Å². The van der Waals surface area contributed by atoms with Crippen LogP contribution in [0.15, 0.2) is 21.4 Å². The summed E-state index contributed by atoms with van der Waals surface area (Å²) in [5.74, 6) is 0.793. The van der Waals surface area contributed by atoms with Gasteiger partial charge in [-0.3, -0.25) is 0 Å². The van der Waals surface area contributed by atoms with E-state index in [0.29, 0.717) is 0 Å². The van der Waals surface area contributed by atoms with Crippen molar-refractivity contribution in [3.05, 3.63) is 21.4 Å². The Morgan fingerprint density at radius 3 is 2.42 bits per heavy atom. The molecule has 1 aliphatic rings. The summed E-state index contributed by atoms with van der Waals surface area (Å²) in [6.45, 7) is 4.56. The van der Waals surface area contributed by atoms with Crippen molar-refractivity contribution in [3.63, 3.8) is 0 Å². The zero-order valence-electron chi connectivity index (χ0n) is 8.11. The molecule has 0 heterocycles. The number of allylic oxidation sites excluding steroid dienone is 4. The van der Waals surface area contributed by atoms with Crippen LogP contribution in [-0.2, 0) is 15.7 Å². The average molecular weight is 224 g/mol. The van der Waals surface area contributed by atoms with Crippen LogP contribution >= 0.6 is 0 Å². The quantitative estimate of drug-likeness (QED) is 0.642. The van der Waals surface area contributed by atoms with E-state index in [2.05, 4.69) is 35.7 Å². The Morgan fingerprint density at radius 1 is 1.50 bits per heavy atom. The van der Waals surface area contributed by atoms with Crippen LogP contribution < -0.4 is 0 Å². The van der Waals surface area contributed by atoms with Crippen LogP contribution in [0.25, 0.3) is 0 Å². The molecule has 0 aromatic carbocycles. The second kappa shape index (κ2) is 4.44. The third-order valence-corrected chi connectivity index (χ3v) is 4.96. The van der Waals surface area contributed by atoms with E-state index in [-0.39, 0.29) is 0 Å². The van der Waals surface area contributed by atoms with E-state index < -0.39 is 0 Å². The molecule has 2 heteroatoms. The number of rotatable bonds is 3. The summed E-state index contributed by atoms with van der Waals surface area (Å²) < 4.78 is 1.32. The fraction of sp³-hybridized carbons (Fsp3) is 0.600. The molecule has 0 unspecified atom stereocenters. The average Bonchev–Trinajstić information content (AvgIpc) is 2.38. The van der Waals surface area contributed by atoms with Gasteiger partial charge in [0.05, 0.1) is 0 Å². The van der Waals surface area contributed by atoms with E-state index in [1.54, 1.807) is 10.8 Å². The molecule has 0 spiro atoms. The van der Waals surface area contributed by atoms with Gasteiger partial charge in [-0.15, -0.1) is 0 Å². The molecule has 70 valence electrons. The van der Waals surface area contributed by atoms with Crippen LogP contribution in [0.2, 0.25) is 0 Å². The van der Waals surface area contributed by atoms with Gasteiger partial charge in [0.25, 0.3) is 0 Å². The molecule has 0 N–H and O–H groups in total. The zero-order chi connectivity index (χ0) is 9.14. The first-order chi connectivity index (χ1) is 5.70. The summed E-state index contributed by atoms with van der Waals surface area (Å²) >= 11 is 4.53. The Balaban J connectivity index is 2.77. The van der Waals surface area contributed by atoms with Crippen molar-refractivity contribution in [2.75, 3.05) is 0 Å². The molecule has 0 aliphatic heterocycles. The molecule has 1 rings (SSSR count). The van der Waals surface area contributed by atoms with Gasteiger partial charge in [-0.1, -0.05) is 0 Å². The van der Waals surface area contributed by atoms with Gasteiger partial charge >= 0.3 is 86.4 Å². The molecule has 0 amide bonds. The normalized spacial score (nSPS) is 17.9. The molecule has 0 aromatic heterocycles. The Bertz CT molecular complexity index is 224. The van der Waals surface area contributed by atoms with Gasteiger partial charge in [0.15, 0.2) is 0 Å². The Morgan fingerprint density at radius 2 is 2.08 bits per heavy atom. The summed E-state index contributed by atoms with van der Waals surface area (Å²) in [4.78, 5) is 0. The van der Waals surface area contributed by atoms with Gasteiger partial charge in [-0.25, -0.2) is 0 Å². The summed E-state index contributed by atoms with van der Waals surface area (Å²) in [5.41, 5.74) is 1.61. The second-order valence-corrected chi connectivity index (χ2v) is 5.01. The first-order valence-corrected chi connectivity index (χ1v) is 6.26. The van der Waals surface area contributed by atoms with Gasteiger partial charge in [-0.05, 0) is 0 Å². The molecule has 0 saturated carbocycles. The molecule has 1 aliphatic carbocycles. The molecule has 0 saturated heterocycles. The fourth-order valence-corrected chi connectivity index (χ4v) is 2.93. The molecule has 0 radical (unpaired) electrons. The maximum atomic E-state index is 4.53. The van der Waals surface area contributed by atoms with Crippen LogP contribution in [0.1, 0.15) is 33.1 Å². The molecular weight excluding hydrogens is 207 g/mol. The van der Waals surface area contributed by atoms with Gasteiger partial charge in [0, 0.05) is 0 Å². The molecule has 0 nitrogen and oxygen atoms in total. The summed E-state index contributed by atoms with van der Waals surface area (Å²) in [7, 11) is 1.16. The van der Waals surface area contributed by atoms with E-state index in [1.807, 2.05) is 0 Å². The molecule has 0 bridgehead atoms. The van der Waals surface area contributed by atoms with Crippen molar-refractivity contribution in [1.82, 2.24) is 0 Å². The molecule has 0 atom stereocenters. The van der Waals surface area contributed by atoms with E-state index >= 15 is 0 Å². The number of hydrogen-bond donors (Lipinski definition) is 0. The molecule has 12 heavy (non-hydrogen) atoms. The third-order valence-electron chi connectivity index (χ3n) is 2.74. The van der Waals surface area contributed by atoms with E-state index in [0.717, 1.165) is 22.6 Å². The maximum absolute atomic E-state index is 4.53. The summed E-state index contributed by atoms with van der Waals surface area (Å²) in [6, 6.07) is 0. The van der Waals surface area contributed by atoms with Gasteiger partial charge in [-0.2, -0.15) is 0 Å². The Labute approximate surface area is 86.5 Å². The van der Waals surface area contributed by atoms with E-state index in [9.17, 15) is 0 Å². The van der Waals surface area contributed by atoms with Gasteiger partial charge in [0.2, 0.25) is 0 Å². The topological polar surface area (TPSA) is 0 Å². The van der Waals surface area contributed by atoms with Crippen LogP contribution in [-0.4, -0.2) is 10.2 Å². The number of hydrogen-bond acceptors (Lipinski definition) is 0. The first-order valence-electron chi connectivity index (χ1n) is 4.74. The van der Waals surface area contributed by atoms with Crippen molar-refractivity contribution < 1.29 is 15.7 Å². The summed E-state index contributed by atoms with van der Waals surface area (Å²) in [5, 5.41) is 1.56. The van der Waals surface area contributed by atoms with Gasteiger partial charge in [0.1, 0.15) is 0 Å². The van der Waals surface area contributed by atoms with Crippen molar-refractivity contribution in [2.24, 2.45) is 5.92 Å². The van der Waals surface area contributed by atoms with Crippen molar-refractivity contribution in [2.45, 2.75) is 33.1 Å². The van der Waals surface area contributed by atoms with Crippen LogP contribution in [0.5, 0.6) is 0 Å². The molecular formula is C10H17CoSi. The van der Waals surface area contributed by atoms with Crippen LogP contribution in [0.4, 0.5) is 0 Å². The standard InChI is InChI=1S/C10H17Si.Co/c1-3-8(4-2)9-6-5-7-10(9)11;/h6,8H,3-5H2,1-2,11H3;. The Kier molecular flexibility index (Phi) is 3.81. The third kappa shape index (κ3) is 1.92. The van der Waals surface area contributed by atoms with E-state index in [1.165, 1.54) is 17.3 Å². The SMILES string of the molecule is CCC(CC)C1=CC[C]([Co])=C1[SiH3]. The minimum atomic E-state index is 0.793.